The predicted molar refractivity (Wildman–Crippen MR) is 80.4 cm³/mol. The third kappa shape index (κ3) is 2.31. The van der Waals surface area contributed by atoms with Crippen molar-refractivity contribution in [3.8, 4) is 10.8 Å². The van der Waals surface area contributed by atoms with Crippen LogP contribution in [0.25, 0.3) is 22.0 Å². The van der Waals surface area contributed by atoms with Crippen molar-refractivity contribution >= 4 is 34.1 Å². The highest BCUT2D eigenvalue weighted by molar-refractivity contribution is 7.13. The number of nitrogens with zero attached hydrogens (tertiary/aromatic N) is 5. The molecule has 1 saturated heterocycles. The van der Waals surface area contributed by atoms with Gasteiger partial charge in [-0.1, -0.05) is 11.6 Å². The number of rotatable bonds is 3. The summed E-state index contributed by atoms with van der Waals surface area (Å²) in [7, 11) is 0. The topological polar surface area (TPSA) is 65.7 Å². The second-order valence-corrected chi connectivity index (χ2v) is 6.20. The smallest absolute Gasteiger partial charge is 0.171 e. The van der Waals surface area contributed by atoms with Gasteiger partial charge in [-0.2, -0.15) is 0 Å². The molecule has 0 aromatic carbocycles. The maximum atomic E-state index is 6.15. The molecule has 0 aliphatic carbocycles. The molecule has 21 heavy (non-hydrogen) atoms. The largest absolute Gasteiger partial charge is 0.381 e. The van der Waals surface area contributed by atoms with E-state index in [1.54, 1.807) is 17.5 Å². The molecule has 0 amide bonds. The number of imidazole rings is 1. The zero-order valence-corrected chi connectivity index (χ0v) is 12.6. The summed E-state index contributed by atoms with van der Waals surface area (Å²) in [4.78, 5) is 17.3. The minimum atomic E-state index is 0.374. The van der Waals surface area contributed by atoms with Crippen LogP contribution in [-0.2, 0) is 11.3 Å². The highest BCUT2D eigenvalue weighted by Gasteiger charge is 2.23. The number of halogens is 1. The van der Waals surface area contributed by atoms with Gasteiger partial charge in [0.1, 0.15) is 11.8 Å². The fourth-order valence-corrected chi connectivity index (χ4v) is 3.37. The molecular weight excluding hydrogens is 310 g/mol. The Morgan fingerprint density at radius 3 is 3.10 bits per heavy atom. The molecular formula is C13H12ClN5OS. The van der Waals surface area contributed by atoms with E-state index in [1.165, 1.54) is 6.33 Å². The van der Waals surface area contributed by atoms with Crippen LogP contribution in [0.4, 0.5) is 0 Å². The minimum Gasteiger partial charge on any atom is -0.381 e. The van der Waals surface area contributed by atoms with E-state index in [-0.39, 0.29) is 0 Å². The first kappa shape index (κ1) is 13.1. The zero-order valence-electron chi connectivity index (χ0n) is 11.1. The molecule has 8 heteroatoms. The van der Waals surface area contributed by atoms with Gasteiger partial charge in [0, 0.05) is 30.6 Å². The van der Waals surface area contributed by atoms with Crippen molar-refractivity contribution in [1.82, 2.24) is 24.5 Å². The molecule has 1 unspecified atom stereocenters. The molecule has 4 rings (SSSR count). The van der Waals surface area contributed by atoms with Gasteiger partial charge in [0.15, 0.2) is 21.6 Å². The average molecular weight is 322 g/mol. The van der Waals surface area contributed by atoms with E-state index in [2.05, 4.69) is 24.5 Å². The molecule has 0 spiro atoms. The van der Waals surface area contributed by atoms with Gasteiger partial charge >= 0.3 is 0 Å². The summed E-state index contributed by atoms with van der Waals surface area (Å²) < 4.78 is 7.55. The quantitative estimate of drug-likeness (QED) is 0.694. The highest BCUT2D eigenvalue weighted by atomic mass is 35.5. The van der Waals surface area contributed by atoms with Crippen LogP contribution in [0.1, 0.15) is 6.42 Å². The first-order valence-electron chi connectivity index (χ1n) is 6.67. The van der Waals surface area contributed by atoms with Crippen molar-refractivity contribution in [3.05, 3.63) is 23.1 Å². The van der Waals surface area contributed by atoms with Gasteiger partial charge in [-0.05, 0) is 6.42 Å². The van der Waals surface area contributed by atoms with Crippen LogP contribution in [0, 0.1) is 5.92 Å². The third-order valence-corrected chi connectivity index (χ3v) is 4.62. The van der Waals surface area contributed by atoms with Gasteiger partial charge in [-0.3, -0.25) is 0 Å². The summed E-state index contributed by atoms with van der Waals surface area (Å²) in [6.07, 6.45) is 4.30. The third-order valence-electron chi connectivity index (χ3n) is 3.58. The lowest BCUT2D eigenvalue weighted by atomic mass is 10.1. The van der Waals surface area contributed by atoms with Crippen LogP contribution in [-0.4, -0.2) is 37.7 Å². The molecule has 0 radical (unpaired) electrons. The van der Waals surface area contributed by atoms with E-state index in [9.17, 15) is 0 Å². The number of fused-ring (bicyclic) bond motifs is 1. The van der Waals surface area contributed by atoms with Crippen molar-refractivity contribution in [2.45, 2.75) is 13.0 Å². The number of thiazole rings is 1. The molecule has 0 bridgehead atoms. The van der Waals surface area contributed by atoms with Crippen LogP contribution < -0.4 is 0 Å². The normalized spacial score (nSPS) is 18.6. The SMILES string of the molecule is Clc1ncnc2c1nc(-c1nccs1)n2CC1CCOC1. The lowest BCUT2D eigenvalue weighted by molar-refractivity contribution is 0.183. The molecule has 0 saturated carbocycles. The van der Waals surface area contributed by atoms with Crippen LogP contribution in [0.15, 0.2) is 17.9 Å². The molecule has 108 valence electrons. The lowest BCUT2D eigenvalue weighted by Crippen LogP contribution is -2.12. The Balaban J connectivity index is 1.88. The second kappa shape index (κ2) is 5.32. The van der Waals surface area contributed by atoms with Crippen LogP contribution in [0.3, 0.4) is 0 Å². The number of ether oxygens (including phenoxy) is 1. The van der Waals surface area contributed by atoms with Gasteiger partial charge < -0.3 is 9.30 Å². The lowest BCUT2D eigenvalue weighted by Gasteiger charge is -2.11. The van der Waals surface area contributed by atoms with Crippen molar-refractivity contribution in [2.75, 3.05) is 13.2 Å². The minimum absolute atomic E-state index is 0.374. The van der Waals surface area contributed by atoms with Gasteiger partial charge in [-0.25, -0.2) is 19.9 Å². The molecule has 1 aliphatic rings. The standard InChI is InChI=1S/C13H12ClN5OS/c14-10-9-11(17-7-16-10)19(5-8-1-3-20-6-8)12(18-9)13-15-2-4-21-13/h2,4,7-8H,1,3,5-6H2. The molecule has 3 aromatic rings. The molecule has 1 fully saturated rings. The number of hydrogen-bond acceptors (Lipinski definition) is 6. The van der Waals surface area contributed by atoms with Crippen LogP contribution in [0.5, 0.6) is 0 Å². The monoisotopic (exact) mass is 321 g/mol. The van der Waals surface area contributed by atoms with Crippen molar-refractivity contribution in [2.24, 2.45) is 5.92 Å². The maximum Gasteiger partial charge on any atom is 0.171 e. The molecule has 1 aliphatic heterocycles. The molecule has 1 atom stereocenters. The summed E-state index contributed by atoms with van der Waals surface area (Å²) in [5.41, 5.74) is 1.38. The maximum absolute atomic E-state index is 6.15. The Bertz CT molecular complexity index is 766. The van der Waals surface area contributed by atoms with Gasteiger partial charge in [0.05, 0.1) is 6.61 Å². The van der Waals surface area contributed by atoms with Crippen molar-refractivity contribution in [3.63, 3.8) is 0 Å². The summed E-state index contributed by atoms with van der Waals surface area (Å²) in [6.45, 7) is 2.40. The molecule has 6 nitrogen and oxygen atoms in total. The summed E-state index contributed by atoms with van der Waals surface area (Å²) in [5, 5.41) is 3.17. The molecule has 4 heterocycles. The summed E-state index contributed by atoms with van der Waals surface area (Å²) in [5.74, 6) is 1.27. The van der Waals surface area contributed by atoms with Crippen LogP contribution in [0.2, 0.25) is 5.15 Å². The Morgan fingerprint density at radius 1 is 1.38 bits per heavy atom. The molecule has 0 N–H and O–H groups in total. The van der Waals surface area contributed by atoms with Crippen molar-refractivity contribution in [1.29, 1.82) is 0 Å². The highest BCUT2D eigenvalue weighted by Crippen LogP contribution is 2.29. The van der Waals surface area contributed by atoms with E-state index in [4.69, 9.17) is 16.3 Å². The first-order chi connectivity index (χ1) is 10.3. The van der Waals surface area contributed by atoms with E-state index < -0.39 is 0 Å². The number of hydrogen-bond donors (Lipinski definition) is 0. The van der Waals surface area contributed by atoms with E-state index in [0.29, 0.717) is 16.6 Å². The first-order valence-corrected chi connectivity index (χ1v) is 7.93. The van der Waals surface area contributed by atoms with Crippen LogP contribution >= 0.6 is 22.9 Å². The van der Waals surface area contributed by atoms with Crippen molar-refractivity contribution < 1.29 is 4.74 Å². The van der Waals surface area contributed by atoms with E-state index >= 15 is 0 Å². The van der Waals surface area contributed by atoms with Gasteiger partial charge in [0.2, 0.25) is 0 Å². The average Bonchev–Trinajstić information content (AvgIpc) is 3.20. The second-order valence-electron chi connectivity index (χ2n) is 4.95. The Hall–Kier alpha value is -1.57. The number of aromatic nitrogens is 5. The molecule has 3 aromatic heterocycles. The van der Waals surface area contributed by atoms with E-state index in [1.807, 2.05) is 5.38 Å². The van der Waals surface area contributed by atoms with E-state index in [0.717, 1.165) is 42.7 Å². The summed E-state index contributed by atoms with van der Waals surface area (Å²) in [6, 6.07) is 0. The Labute approximate surface area is 129 Å². The van der Waals surface area contributed by atoms with Gasteiger partial charge in [-0.15, -0.1) is 11.3 Å². The zero-order chi connectivity index (χ0) is 14.2. The van der Waals surface area contributed by atoms with Gasteiger partial charge in [0.25, 0.3) is 0 Å². The predicted octanol–water partition coefficient (Wildman–Crippen LogP) is 2.64. The Morgan fingerprint density at radius 2 is 2.33 bits per heavy atom. The fourth-order valence-electron chi connectivity index (χ4n) is 2.56. The Kier molecular flexibility index (Phi) is 3.33. The summed E-state index contributed by atoms with van der Waals surface area (Å²) >= 11 is 7.70. The fraction of sp³-hybridized carbons (Fsp3) is 0.385.